The van der Waals surface area contributed by atoms with Crippen LogP contribution in [0.25, 0.3) is 0 Å². The average Bonchev–Trinajstić information content (AvgIpc) is 3.03. The van der Waals surface area contributed by atoms with Crippen molar-refractivity contribution in [3.8, 4) is 0 Å². The average molecular weight is 527 g/mol. The molecule has 37 heavy (non-hydrogen) atoms. The number of thiocarbonyl (C=S) groups is 1. The number of hydrogen-bond donors (Lipinski definition) is 0. The molecule has 0 spiro atoms. The van der Waals surface area contributed by atoms with E-state index in [1.165, 1.54) is 101 Å². The predicted octanol–water partition coefficient (Wildman–Crippen LogP) is 8.59. The molecule has 0 N–H and O–H groups in total. The van der Waals surface area contributed by atoms with Crippen LogP contribution in [-0.2, 0) is 4.74 Å². The second-order valence-corrected chi connectivity index (χ2v) is 13.6. The molecule has 4 rings (SSSR count). The summed E-state index contributed by atoms with van der Waals surface area (Å²) < 4.78 is 5.66. The van der Waals surface area contributed by atoms with E-state index in [9.17, 15) is 0 Å². The van der Waals surface area contributed by atoms with Crippen LogP contribution in [-0.4, -0.2) is 49.3 Å². The normalized spacial score (nSPS) is 26.3. The Hall–Kier alpha value is -1.13. The monoisotopic (exact) mass is 526 g/mol. The number of anilines is 1. The van der Waals surface area contributed by atoms with E-state index in [1.807, 2.05) is 0 Å². The molecule has 1 aromatic rings. The molecule has 0 bridgehead atoms. The fraction of sp³-hybridized carbons (Fsp3) is 0.788. The number of hydrogen-bond acceptors (Lipinski definition) is 3. The van der Waals surface area contributed by atoms with Crippen LogP contribution in [0, 0.1) is 17.3 Å². The Labute approximate surface area is 233 Å². The Morgan fingerprint density at radius 3 is 2.32 bits per heavy atom. The van der Waals surface area contributed by atoms with Crippen LogP contribution in [0.4, 0.5) is 5.69 Å². The van der Waals surface area contributed by atoms with Gasteiger partial charge in [0.05, 0.1) is 18.9 Å². The molecule has 3 nitrogen and oxygen atoms in total. The van der Waals surface area contributed by atoms with Gasteiger partial charge in [0.15, 0.2) is 0 Å². The molecule has 1 aromatic carbocycles. The van der Waals surface area contributed by atoms with Crippen molar-refractivity contribution in [2.24, 2.45) is 17.3 Å². The highest BCUT2D eigenvalue weighted by atomic mass is 32.1. The molecule has 3 aliphatic rings. The fourth-order valence-corrected chi connectivity index (χ4v) is 7.54. The van der Waals surface area contributed by atoms with Gasteiger partial charge in [-0.2, -0.15) is 0 Å². The second kappa shape index (κ2) is 13.8. The zero-order chi connectivity index (χ0) is 26.3. The third-order valence-electron chi connectivity index (χ3n) is 9.60. The lowest BCUT2D eigenvalue weighted by Crippen LogP contribution is -2.41. The van der Waals surface area contributed by atoms with Crippen molar-refractivity contribution in [2.75, 3.05) is 44.3 Å². The van der Waals surface area contributed by atoms with Crippen molar-refractivity contribution in [3.05, 3.63) is 29.3 Å². The van der Waals surface area contributed by atoms with E-state index in [1.54, 1.807) is 5.56 Å². The van der Waals surface area contributed by atoms with E-state index in [0.29, 0.717) is 11.3 Å². The van der Waals surface area contributed by atoms with Crippen molar-refractivity contribution in [2.45, 2.75) is 111 Å². The van der Waals surface area contributed by atoms with Crippen LogP contribution < -0.4 is 4.90 Å². The summed E-state index contributed by atoms with van der Waals surface area (Å²) in [6.07, 6.45) is 16.3. The Balaban J connectivity index is 1.61. The number of benzene rings is 1. The number of nitrogens with zero attached hydrogens (tertiary/aromatic N) is 2. The topological polar surface area (TPSA) is 15.7 Å². The fourth-order valence-electron chi connectivity index (χ4n) is 7.19. The molecule has 2 heterocycles. The van der Waals surface area contributed by atoms with E-state index in [4.69, 9.17) is 17.0 Å². The van der Waals surface area contributed by atoms with Gasteiger partial charge in [0, 0.05) is 31.7 Å². The SMILES string of the molecule is CCCC[C@@H]1CCCCN(c2c(C(=S)N3CCOCC3)cccc2C2CCC(C(C)(C)C)CC2)CCC1. The first kappa shape index (κ1) is 28.9. The maximum absolute atomic E-state index is 6.22. The highest BCUT2D eigenvalue weighted by Crippen LogP contribution is 2.46. The van der Waals surface area contributed by atoms with E-state index >= 15 is 0 Å². The molecule has 4 heteroatoms. The van der Waals surface area contributed by atoms with Gasteiger partial charge in [-0.25, -0.2) is 0 Å². The number of morpholine rings is 1. The van der Waals surface area contributed by atoms with Crippen LogP contribution in [0.3, 0.4) is 0 Å². The van der Waals surface area contributed by atoms with Crippen molar-refractivity contribution in [1.29, 1.82) is 0 Å². The molecule has 1 saturated carbocycles. The summed E-state index contributed by atoms with van der Waals surface area (Å²) in [7, 11) is 0. The highest BCUT2D eigenvalue weighted by Gasteiger charge is 2.33. The maximum atomic E-state index is 6.22. The lowest BCUT2D eigenvalue weighted by molar-refractivity contribution is 0.0693. The highest BCUT2D eigenvalue weighted by molar-refractivity contribution is 7.80. The first-order valence-electron chi connectivity index (χ1n) is 15.6. The smallest absolute Gasteiger partial charge is 0.111 e. The molecule has 3 fully saturated rings. The number of ether oxygens (including phenoxy) is 1. The Bertz CT molecular complexity index is 848. The van der Waals surface area contributed by atoms with Crippen molar-refractivity contribution in [3.63, 3.8) is 0 Å². The summed E-state index contributed by atoms with van der Waals surface area (Å²) in [5.41, 5.74) is 4.81. The van der Waals surface area contributed by atoms with Gasteiger partial charge >= 0.3 is 0 Å². The molecule has 208 valence electrons. The van der Waals surface area contributed by atoms with Crippen LogP contribution in [0.15, 0.2) is 18.2 Å². The number of para-hydroxylation sites is 1. The summed E-state index contributed by atoms with van der Waals surface area (Å²) in [6.45, 7) is 15.4. The molecule has 2 saturated heterocycles. The molecule has 0 unspecified atom stereocenters. The van der Waals surface area contributed by atoms with Gasteiger partial charge in [-0.3, -0.25) is 0 Å². The molecule has 2 aliphatic heterocycles. The number of unbranched alkanes of at least 4 members (excludes halogenated alkanes) is 1. The van der Waals surface area contributed by atoms with Crippen molar-refractivity contribution < 1.29 is 4.74 Å². The Morgan fingerprint density at radius 2 is 1.62 bits per heavy atom. The van der Waals surface area contributed by atoms with Crippen LogP contribution in [0.1, 0.15) is 122 Å². The third kappa shape index (κ3) is 7.72. The van der Waals surface area contributed by atoms with Gasteiger partial charge in [0.25, 0.3) is 0 Å². The van der Waals surface area contributed by atoms with Gasteiger partial charge in [-0.1, -0.05) is 84.1 Å². The van der Waals surface area contributed by atoms with Crippen molar-refractivity contribution in [1.82, 2.24) is 4.90 Å². The van der Waals surface area contributed by atoms with Crippen LogP contribution in [0.2, 0.25) is 0 Å². The maximum Gasteiger partial charge on any atom is 0.111 e. The van der Waals surface area contributed by atoms with Gasteiger partial charge < -0.3 is 14.5 Å². The lowest BCUT2D eigenvalue weighted by atomic mass is 9.68. The number of rotatable bonds is 6. The quantitative estimate of drug-likeness (QED) is 0.345. The summed E-state index contributed by atoms with van der Waals surface area (Å²) >= 11 is 6.22. The lowest BCUT2D eigenvalue weighted by Gasteiger charge is -2.39. The summed E-state index contributed by atoms with van der Waals surface area (Å²) in [6, 6.07) is 7.08. The predicted molar refractivity (Wildman–Crippen MR) is 163 cm³/mol. The Morgan fingerprint density at radius 1 is 0.919 bits per heavy atom. The van der Waals surface area contributed by atoms with Gasteiger partial charge in [-0.15, -0.1) is 0 Å². The molecular weight excluding hydrogens is 472 g/mol. The first-order valence-corrected chi connectivity index (χ1v) is 16.0. The van der Waals surface area contributed by atoms with Crippen molar-refractivity contribution >= 4 is 22.9 Å². The first-order chi connectivity index (χ1) is 17.9. The van der Waals surface area contributed by atoms with Crippen LogP contribution >= 0.6 is 12.2 Å². The third-order valence-corrected chi connectivity index (χ3v) is 10.1. The zero-order valence-corrected chi connectivity index (χ0v) is 25.2. The molecule has 0 amide bonds. The van der Waals surface area contributed by atoms with E-state index in [2.05, 4.69) is 55.7 Å². The Kier molecular flexibility index (Phi) is 10.8. The molecule has 0 radical (unpaired) electrons. The second-order valence-electron chi connectivity index (χ2n) is 13.2. The zero-order valence-electron chi connectivity index (χ0n) is 24.4. The molecule has 1 aliphatic carbocycles. The molecular formula is C33H54N2OS. The summed E-state index contributed by atoms with van der Waals surface area (Å²) in [5.74, 6) is 2.43. The van der Waals surface area contributed by atoms with Gasteiger partial charge in [0.1, 0.15) is 4.99 Å². The van der Waals surface area contributed by atoms with Crippen LogP contribution in [0.5, 0.6) is 0 Å². The largest absolute Gasteiger partial charge is 0.378 e. The van der Waals surface area contributed by atoms with Gasteiger partial charge in [-0.05, 0) is 79.7 Å². The summed E-state index contributed by atoms with van der Waals surface area (Å²) in [5, 5.41) is 0. The minimum Gasteiger partial charge on any atom is -0.378 e. The van der Waals surface area contributed by atoms with E-state index in [-0.39, 0.29) is 0 Å². The van der Waals surface area contributed by atoms with E-state index < -0.39 is 0 Å². The minimum atomic E-state index is 0.420. The molecule has 0 aromatic heterocycles. The molecule has 1 atom stereocenters. The standard InChI is InChI=1S/C33H54N2OS/c1-5-6-11-26-12-7-8-20-34(21-10-13-26)31-29(27-16-18-28(19-17-27)33(2,3)4)14-9-15-30(31)32(37)35-22-24-36-25-23-35/h9,14-15,26-28H,5-8,10-13,16-25H2,1-4H3/t26-,27?,28?/m1/s1. The minimum absolute atomic E-state index is 0.420. The summed E-state index contributed by atoms with van der Waals surface area (Å²) in [4.78, 5) is 6.22. The van der Waals surface area contributed by atoms with E-state index in [0.717, 1.165) is 43.1 Å². The van der Waals surface area contributed by atoms with Gasteiger partial charge in [0.2, 0.25) is 0 Å².